The maximum Gasteiger partial charge on any atom is 0.421 e. The third-order valence-corrected chi connectivity index (χ3v) is 6.47. The van der Waals surface area contributed by atoms with E-state index in [0.29, 0.717) is 16.9 Å². The molecule has 3 rings (SSSR count). The number of carboxylic acids is 1. The molecule has 9 heteroatoms. The summed E-state index contributed by atoms with van der Waals surface area (Å²) in [7, 11) is -1.20. The maximum atomic E-state index is 12.4. The Balaban J connectivity index is 1.95. The van der Waals surface area contributed by atoms with Crippen molar-refractivity contribution < 1.29 is 28.4 Å². The molecule has 0 bridgehead atoms. The fourth-order valence-corrected chi connectivity index (χ4v) is 4.76. The second kappa shape index (κ2) is 7.38. The van der Waals surface area contributed by atoms with E-state index in [2.05, 4.69) is 0 Å². The van der Waals surface area contributed by atoms with E-state index in [-0.39, 0.29) is 11.4 Å². The van der Waals surface area contributed by atoms with Gasteiger partial charge in [-0.3, -0.25) is 9.00 Å². The highest BCUT2D eigenvalue weighted by molar-refractivity contribution is 7.86. The van der Waals surface area contributed by atoms with Crippen LogP contribution in [0.4, 0.5) is 10.5 Å². The zero-order valence-electron chi connectivity index (χ0n) is 13.7. The van der Waals surface area contributed by atoms with E-state index >= 15 is 0 Å². The Morgan fingerprint density at radius 3 is 2.81 bits per heavy atom. The molecule has 0 saturated carbocycles. The number of carboxylic acid groups (broad SMARTS) is 1. The first-order chi connectivity index (χ1) is 12.4. The summed E-state index contributed by atoms with van der Waals surface area (Å²) in [5.74, 6) is -2.84. The second-order valence-electron chi connectivity index (χ2n) is 5.73. The van der Waals surface area contributed by atoms with Gasteiger partial charge < -0.3 is 9.84 Å². The monoisotopic (exact) mass is 393 g/mol. The number of nitrogens with zero attached hydrogens (tertiary/aromatic N) is 1. The Morgan fingerprint density at radius 2 is 2.15 bits per heavy atom. The van der Waals surface area contributed by atoms with Crippen LogP contribution in [-0.2, 0) is 37.3 Å². The van der Waals surface area contributed by atoms with Crippen LogP contribution in [-0.4, -0.2) is 33.4 Å². The molecule has 7 nitrogen and oxygen atoms in total. The Morgan fingerprint density at radius 1 is 1.38 bits per heavy atom. The van der Waals surface area contributed by atoms with Crippen LogP contribution in [0.15, 0.2) is 39.9 Å². The predicted octanol–water partition coefficient (Wildman–Crippen LogP) is 2.55. The summed E-state index contributed by atoms with van der Waals surface area (Å²) in [6.07, 6.45) is -1.21. The van der Waals surface area contributed by atoms with Crippen molar-refractivity contribution in [1.29, 1.82) is 0 Å². The number of thiophene rings is 1. The highest BCUT2D eigenvalue weighted by Crippen LogP contribution is 2.29. The number of ether oxygens (including phenoxy) is 1. The molecule has 1 aromatic carbocycles. The van der Waals surface area contributed by atoms with Gasteiger partial charge in [0, 0.05) is 6.42 Å². The molecular weight excluding hydrogens is 378 g/mol. The fourth-order valence-electron chi connectivity index (χ4n) is 2.69. The predicted molar refractivity (Wildman–Crippen MR) is 95.6 cm³/mol. The number of imide groups is 1. The van der Waals surface area contributed by atoms with Crippen LogP contribution in [0.25, 0.3) is 0 Å². The van der Waals surface area contributed by atoms with Crippen molar-refractivity contribution in [2.24, 2.45) is 0 Å². The second-order valence-corrected chi connectivity index (χ2v) is 8.35. The van der Waals surface area contributed by atoms with E-state index in [1.807, 2.05) is 11.4 Å². The lowest BCUT2D eigenvalue weighted by molar-refractivity contribution is -0.148. The number of amides is 2. The largest absolute Gasteiger partial charge is 0.474 e. The van der Waals surface area contributed by atoms with Crippen molar-refractivity contribution in [2.75, 3.05) is 4.90 Å². The van der Waals surface area contributed by atoms with Gasteiger partial charge >= 0.3 is 18.0 Å². The number of fused-ring (bicyclic) bond motifs is 1. The number of benzene rings is 1. The molecule has 2 amide bonds. The van der Waals surface area contributed by atoms with Crippen molar-refractivity contribution in [3.63, 3.8) is 0 Å². The SMILES string of the molecule is CC1Cc2cc(CS(=O)c3cccs3)ccc2N(C(=O)C(=O)O)C(=O)O1. The summed E-state index contributed by atoms with van der Waals surface area (Å²) in [6.45, 7) is 1.66. The average molecular weight is 393 g/mol. The number of anilines is 1. The van der Waals surface area contributed by atoms with Crippen LogP contribution in [0.3, 0.4) is 0 Å². The van der Waals surface area contributed by atoms with E-state index in [9.17, 15) is 18.6 Å². The molecule has 26 heavy (non-hydrogen) atoms. The average Bonchev–Trinajstić information content (AvgIpc) is 3.07. The van der Waals surface area contributed by atoms with E-state index in [1.165, 1.54) is 17.4 Å². The number of hydrogen-bond donors (Lipinski definition) is 1. The lowest BCUT2D eigenvalue weighted by Crippen LogP contribution is -2.41. The Hall–Kier alpha value is -2.52. The van der Waals surface area contributed by atoms with Crippen LogP contribution >= 0.6 is 11.3 Å². The van der Waals surface area contributed by atoms with Crippen molar-refractivity contribution in [2.45, 2.75) is 29.4 Å². The smallest absolute Gasteiger partial charge is 0.421 e. The fraction of sp³-hybridized carbons (Fsp3) is 0.235. The highest BCUT2D eigenvalue weighted by Gasteiger charge is 2.35. The summed E-state index contributed by atoms with van der Waals surface area (Å²) in [5.41, 5.74) is 1.54. The number of carbonyl (C=O) groups excluding carboxylic acids is 2. The molecule has 1 aliphatic heterocycles. The van der Waals surface area contributed by atoms with Crippen molar-refractivity contribution >= 4 is 45.8 Å². The number of carbonyl (C=O) groups is 3. The summed E-state index contributed by atoms with van der Waals surface area (Å²) in [4.78, 5) is 35.6. The normalized spacial score (nSPS) is 17.8. The van der Waals surface area contributed by atoms with Gasteiger partial charge in [0.1, 0.15) is 6.10 Å². The van der Waals surface area contributed by atoms with Gasteiger partial charge in [0.15, 0.2) is 0 Å². The number of cyclic esters (lactones) is 1. The van der Waals surface area contributed by atoms with Crippen LogP contribution in [0.2, 0.25) is 0 Å². The first-order valence-electron chi connectivity index (χ1n) is 7.68. The van der Waals surface area contributed by atoms with Gasteiger partial charge in [-0.2, -0.15) is 0 Å². The van der Waals surface area contributed by atoms with E-state index < -0.39 is 34.9 Å². The van der Waals surface area contributed by atoms with Gasteiger partial charge in [-0.25, -0.2) is 14.5 Å². The molecule has 1 aliphatic rings. The molecule has 2 aromatic rings. The minimum absolute atomic E-state index is 0.178. The lowest BCUT2D eigenvalue weighted by Gasteiger charge is -2.18. The third-order valence-electron chi connectivity index (χ3n) is 3.78. The minimum atomic E-state index is -1.75. The third kappa shape index (κ3) is 3.68. The molecule has 1 aromatic heterocycles. The molecule has 0 saturated heterocycles. The Bertz CT molecular complexity index is 893. The van der Waals surface area contributed by atoms with Crippen LogP contribution < -0.4 is 4.90 Å². The van der Waals surface area contributed by atoms with Crippen LogP contribution in [0, 0.1) is 0 Å². The van der Waals surface area contributed by atoms with Crippen molar-refractivity contribution in [3.05, 3.63) is 46.8 Å². The Kier molecular flexibility index (Phi) is 5.19. The molecule has 2 unspecified atom stereocenters. The van der Waals surface area contributed by atoms with Crippen LogP contribution in [0.5, 0.6) is 0 Å². The maximum absolute atomic E-state index is 12.4. The summed E-state index contributed by atoms with van der Waals surface area (Å²) in [5, 5.41) is 10.8. The number of rotatable bonds is 3. The van der Waals surface area contributed by atoms with Crippen LogP contribution in [0.1, 0.15) is 18.1 Å². The van der Waals surface area contributed by atoms with Crippen molar-refractivity contribution in [1.82, 2.24) is 0 Å². The quantitative estimate of drug-likeness (QED) is 0.805. The summed E-state index contributed by atoms with van der Waals surface area (Å²) in [6, 6.07) is 8.49. The van der Waals surface area contributed by atoms with Gasteiger partial charge in [0.05, 0.1) is 26.4 Å². The standard InChI is InChI=1S/C17H15NO6S2/c1-10-7-12-8-11(9-26(23)14-3-2-6-25-14)4-5-13(12)18(17(22)24-10)15(19)16(20)21/h2-6,8,10H,7,9H2,1H3,(H,20,21). The zero-order valence-corrected chi connectivity index (χ0v) is 15.3. The number of hydrogen-bond acceptors (Lipinski definition) is 6. The first-order valence-corrected chi connectivity index (χ1v) is 9.88. The molecule has 2 heterocycles. The van der Waals surface area contributed by atoms with Crippen molar-refractivity contribution in [3.8, 4) is 0 Å². The van der Waals surface area contributed by atoms with E-state index in [4.69, 9.17) is 9.84 Å². The van der Waals surface area contributed by atoms with Gasteiger partial charge in [-0.1, -0.05) is 18.2 Å². The minimum Gasteiger partial charge on any atom is -0.474 e. The first kappa shape index (κ1) is 18.3. The van der Waals surface area contributed by atoms with Gasteiger partial charge in [-0.05, 0) is 35.6 Å². The van der Waals surface area contributed by atoms with E-state index in [1.54, 1.807) is 25.1 Å². The Labute approximate surface area is 155 Å². The molecule has 2 atom stereocenters. The highest BCUT2D eigenvalue weighted by atomic mass is 32.2. The van der Waals surface area contributed by atoms with Gasteiger partial charge in [0.25, 0.3) is 0 Å². The molecule has 1 N–H and O–H groups in total. The molecule has 0 fully saturated rings. The molecule has 0 radical (unpaired) electrons. The van der Waals surface area contributed by atoms with E-state index in [0.717, 1.165) is 9.77 Å². The molecule has 0 spiro atoms. The summed E-state index contributed by atoms with van der Waals surface area (Å²) < 4.78 is 18.3. The topological polar surface area (TPSA) is 101 Å². The zero-order chi connectivity index (χ0) is 18.8. The molecular formula is C17H15NO6S2. The molecule has 136 valence electrons. The summed E-state index contributed by atoms with van der Waals surface area (Å²) >= 11 is 1.41. The lowest BCUT2D eigenvalue weighted by atomic mass is 10.0. The number of aliphatic carboxylic acids is 1. The molecule has 0 aliphatic carbocycles. The van der Waals surface area contributed by atoms with Gasteiger partial charge in [0.2, 0.25) is 0 Å². The van der Waals surface area contributed by atoms with Gasteiger partial charge in [-0.15, -0.1) is 11.3 Å².